The second kappa shape index (κ2) is 7.00. The van der Waals surface area contributed by atoms with E-state index in [1.807, 2.05) is 0 Å². The average Bonchev–Trinajstić information content (AvgIpc) is 2.31. The molecule has 1 aromatic carbocycles. The van der Waals surface area contributed by atoms with Crippen molar-refractivity contribution in [3.8, 4) is 0 Å². The molecule has 0 saturated heterocycles. The average molecular weight is 368 g/mol. The predicted octanol–water partition coefficient (Wildman–Crippen LogP) is 0.839. The molecule has 6 nitrogen and oxygen atoms in total. The zero-order valence-corrected chi connectivity index (χ0v) is 13.1. The van der Waals surface area contributed by atoms with E-state index in [0.717, 1.165) is 12.3 Å². The van der Waals surface area contributed by atoms with Crippen LogP contribution in [0.3, 0.4) is 0 Å². The number of sulfonamides is 1. The van der Waals surface area contributed by atoms with Gasteiger partial charge in [-0.1, -0.05) is 0 Å². The van der Waals surface area contributed by atoms with Crippen molar-refractivity contribution < 1.29 is 17.6 Å². The van der Waals surface area contributed by atoms with Crippen LogP contribution in [0.2, 0.25) is 0 Å². The van der Waals surface area contributed by atoms with Gasteiger partial charge in [-0.05, 0) is 34.5 Å². The van der Waals surface area contributed by atoms with Gasteiger partial charge >= 0.3 is 0 Å². The van der Waals surface area contributed by atoms with Crippen molar-refractivity contribution in [2.24, 2.45) is 0 Å². The summed E-state index contributed by atoms with van der Waals surface area (Å²) in [4.78, 5) is 11.8. The van der Waals surface area contributed by atoms with E-state index in [2.05, 4.69) is 26.0 Å². The summed E-state index contributed by atoms with van der Waals surface area (Å²) < 4.78 is 37.4. The van der Waals surface area contributed by atoms with Gasteiger partial charge in [0.15, 0.2) is 0 Å². The third-order valence-corrected chi connectivity index (χ3v) is 3.72. The van der Waals surface area contributed by atoms with Crippen LogP contribution in [0.15, 0.2) is 16.6 Å². The smallest absolute Gasteiger partial charge is 0.252 e. The molecule has 0 radical (unpaired) electrons. The fraction of sp³-hybridized carbons (Fsp3) is 0.364. The molecule has 9 heteroatoms. The molecule has 4 N–H and O–H groups in total. The van der Waals surface area contributed by atoms with Gasteiger partial charge in [0.1, 0.15) is 5.82 Å². The van der Waals surface area contributed by atoms with Gasteiger partial charge < -0.3 is 11.1 Å². The quantitative estimate of drug-likeness (QED) is 0.512. The van der Waals surface area contributed by atoms with E-state index in [0.29, 0.717) is 10.9 Å². The summed E-state index contributed by atoms with van der Waals surface area (Å²) in [7, 11) is -3.22. The molecular weight excluding hydrogens is 353 g/mol. The number of halogens is 2. The fourth-order valence-electron chi connectivity index (χ4n) is 1.38. The molecule has 0 saturated carbocycles. The van der Waals surface area contributed by atoms with Crippen LogP contribution < -0.4 is 15.8 Å². The lowest BCUT2D eigenvalue weighted by molar-refractivity contribution is 0.0952. The number of rotatable bonds is 6. The van der Waals surface area contributed by atoms with Crippen molar-refractivity contribution in [1.29, 1.82) is 0 Å². The highest BCUT2D eigenvalue weighted by Gasteiger charge is 2.12. The number of carbonyl (C=O) groups excluding carboxylic acids is 1. The summed E-state index contributed by atoms with van der Waals surface area (Å²) in [5, 5.41) is 2.59. The lowest BCUT2D eigenvalue weighted by Gasteiger charge is -2.08. The standard InChI is InChI=1S/C11H15BrFN3O3S/c1-20(18,19)16-4-2-3-15-11(17)7-5-10(14)9(13)6-8(7)12/h5-6,16H,2-4,14H2,1H3,(H,15,17). The Hall–Kier alpha value is -1.19. The van der Waals surface area contributed by atoms with E-state index in [-0.39, 0.29) is 24.3 Å². The SMILES string of the molecule is CS(=O)(=O)NCCCNC(=O)c1cc(N)c(F)cc1Br. The van der Waals surface area contributed by atoms with Crippen LogP contribution in [0.4, 0.5) is 10.1 Å². The zero-order chi connectivity index (χ0) is 15.3. The number of hydrogen-bond acceptors (Lipinski definition) is 4. The zero-order valence-electron chi connectivity index (χ0n) is 10.7. The minimum atomic E-state index is -3.22. The first-order chi connectivity index (χ1) is 9.20. The van der Waals surface area contributed by atoms with Gasteiger partial charge in [0.2, 0.25) is 10.0 Å². The fourth-order valence-corrected chi connectivity index (χ4v) is 2.39. The maximum atomic E-state index is 13.1. The van der Waals surface area contributed by atoms with E-state index in [4.69, 9.17) is 5.73 Å². The molecule has 0 heterocycles. The number of anilines is 1. The number of hydrogen-bond donors (Lipinski definition) is 3. The lowest BCUT2D eigenvalue weighted by Crippen LogP contribution is -2.29. The first kappa shape index (κ1) is 16.9. The molecule has 0 bridgehead atoms. The van der Waals surface area contributed by atoms with E-state index in [1.54, 1.807) is 0 Å². The molecule has 0 aliphatic carbocycles. The summed E-state index contributed by atoms with van der Waals surface area (Å²) in [6, 6.07) is 2.36. The summed E-state index contributed by atoms with van der Waals surface area (Å²) in [5.74, 6) is -1.02. The largest absolute Gasteiger partial charge is 0.396 e. The first-order valence-electron chi connectivity index (χ1n) is 5.68. The van der Waals surface area contributed by atoms with Gasteiger partial charge in [-0.3, -0.25) is 4.79 Å². The van der Waals surface area contributed by atoms with Crippen molar-refractivity contribution in [1.82, 2.24) is 10.0 Å². The number of amides is 1. The Morgan fingerprint density at radius 3 is 2.65 bits per heavy atom. The Kier molecular flexibility index (Phi) is 5.90. The molecule has 1 rings (SSSR count). The normalized spacial score (nSPS) is 11.3. The molecule has 1 aromatic rings. The minimum Gasteiger partial charge on any atom is -0.396 e. The van der Waals surface area contributed by atoms with Crippen molar-refractivity contribution >= 4 is 37.5 Å². The van der Waals surface area contributed by atoms with Crippen molar-refractivity contribution in [2.75, 3.05) is 25.1 Å². The Labute approximate surface area is 125 Å². The molecule has 20 heavy (non-hydrogen) atoms. The number of nitrogens with two attached hydrogens (primary N) is 1. The Balaban J connectivity index is 2.50. The van der Waals surface area contributed by atoms with Gasteiger partial charge in [0.25, 0.3) is 5.91 Å². The van der Waals surface area contributed by atoms with Crippen LogP contribution in [-0.4, -0.2) is 33.7 Å². The Morgan fingerprint density at radius 2 is 2.05 bits per heavy atom. The van der Waals surface area contributed by atoms with Crippen molar-refractivity contribution in [2.45, 2.75) is 6.42 Å². The van der Waals surface area contributed by atoms with Crippen LogP contribution in [0.5, 0.6) is 0 Å². The first-order valence-corrected chi connectivity index (χ1v) is 8.36. The highest BCUT2D eigenvalue weighted by atomic mass is 79.9. The molecular formula is C11H15BrFN3O3S. The summed E-state index contributed by atoms with van der Waals surface area (Å²) >= 11 is 3.08. The molecule has 0 unspecified atom stereocenters. The number of benzene rings is 1. The molecule has 112 valence electrons. The Morgan fingerprint density at radius 1 is 1.40 bits per heavy atom. The highest BCUT2D eigenvalue weighted by molar-refractivity contribution is 9.10. The molecule has 0 fully saturated rings. The number of nitrogens with one attached hydrogen (secondary N) is 2. The minimum absolute atomic E-state index is 0.114. The third-order valence-electron chi connectivity index (χ3n) is 2.33. The summed E-state index contributed by atoms with van der Waals surface area (Å²) in [6.07, 6.45) is 1.50. The van der Waals surface area contributed by atoms with Gasteiger partial charge in [-0.15, -0.1) is 0 Å². The Bertz CT molecular complexity index is 607. The van der Waals surface area contributed by atoms with Gasteiger partial charge in [0.05, 0.1) is 17.5 Å². The van der Waals surface area contributed by atoms with Gasteiger partial charge in [-0.25, -0.2) is 17.5 Å². The highest BCUT2D eigenvalue weighted by Crippen LogP contribution is 2.22. The van der Waals surface area contributed by atoms with E-state index >= 15 is 0 Å². The molecule has 0 aliphatic rings. The monoisotopic (exact) mass is 367 g/mol. The topological polar surface area (TPSA) is 101 Å². The number of carbonyl (C=O) groups is 1. The van der Waals surface area contributed by atoms with E-state index < -0.39 is 21.7 Å². The van der Waals surface area contributed by atoms with E-state index in [1.165, 1.54) is 6.07 Å². The molecule has 0 aromatic heterocycles. The maximum absolute atomic E-state index is 13.1. The van der Waals surface area contributed by atoms with Crippen LogP contribution in [0, 0.1) is 5.82 Å². The molecule has 0 aliphatic heterocycles. The second-order valence-electron chi connectivity index (χ2n) is 4.13. The third kappa shape index (κ3) is 5.43. The van der Waals surface area contributed by atoms with Crippen LogP contribution in [0.1, 0.15) is 16.8 Å². The van der Waals surface area contributed by atoms with E-state index in [9.17, 15) is 17.6 Å². The number of nitrogen functional groups attached to an aromatic ring is 1. The van der Waals surface area contributed by atoms with Crippen molar-refractivity contribution in [3.05, 3.63) is 28.0 Å². The maximum Gasteiger partial charge on any atom is 0.252 e. The molecule has 0 atom stereocenters. The van der Waals surface area contributed by atoms with Crippen LogP contribution in [0.25, 0.3) is 0 Å². The molecule has 0 spiro atoms. The summed E-state index contributed by atoms with van der Waals surface area (Å²) in [5.41, 5.74) is 5.51. The summed E-state index contributed by atoms with van der Waals surface area (Å²) in [6.45, 7) is 0.511. The second-order valence-corrected chi connectivity index (χ2v) is 6.82. The van der Waals surface area contributed by atoms with Crippen LogP contribution >= 0.6 is 15.9 Å². The predicted molar refractivity (Wildman–Crippen MR) is 78.3 cm³/mol. The lowest BCUT2D eigenvalue weighted by atomic mass is 10.2. The molecule has 1 amide bonds. The van der Waals surface area contributed by atoms with Gasteiger partial charge in [0, 0.05) is 17.6 Å². The van der Waals surface area contributed by atoms with Crippen LogP contribution in [-0.2, 0) is 10.0 Å². The van der Waals surface area contributed by atoms with Crippen molar-refractivity contribution in [3.63, 3.8) is 0 Å². The van der Waals surface area contributed by atoms with Gasteiger partial charge in [-0.2, -0.15) is 0 Å².